The summed E-state index contributed by atoms with van der Waals surface area (Å²) in [4.78, 5) is 11.8. The maximum Gasteiger partial charge on any atom is 0.251 e. The van der Waals surface area contributed by atoms with Crippen LogP contribution in [0.15, 0.2) is 48.5 Å². The van der Waals surface area contributed by atoms with Crippen LogP contribution in [0.1, 0.15) is 22.3 Å². The molecule has 0 fully saturated rings. The molecule has 0 aliphatic carbocycles. The predicted molar refractivity (Wildman–Crippen MR) is 88.0 cm³/mol. The van der Waals surface area contributed by atoms with Gasteiger partial charge in [-0.1, -0.05) is 29.8 Å². The molecule has 112 valence electrons. The summed E-state index contributed by atoms with van der Waals surface area (Å²) in [5.74, 6) is -0.0789. The van der Waals surface area contributed by atoms with Crippen molar-refractivity contribution in [1.82, 2.24) is 5.32 Å². The van der Waals surface area contributed by atoms with Crippen molar-refractivity contribution < 1.29 is 4.79 Å². The topological polar surface area (TPSA) is 64.9 Å². The van der Waals surface area contributed by atoms with E-state index in [4.69, 9.17) is 16.9 Å². The zero-order chi connectivity index (χ0) is 15.8. The third kappa shape index (κ3) is 4.51. The first-order valence-corrected chi connectivity index (χ1v) is 7.35. The molecule has 0 saturated carbocycles. The second-order valence-corrected chi connectivity index (χ2v) is 5.14. The number of halogens is 1. The Morgan fingerprint density at radius 1 is 1.14 bits per heavy atom. The molecule has 0 aromatic heterocycles. The lowest BCUT2D eigenvalue weighted by molar-refractivity contribution is 0.0953. The molecule has 2 aromatic carbocycles. The van der Waals surface area contributed by atoms with Crippen molar-refractivity contribution in [2.45, 2.75) is 6.42 Å². The minimum absolute atomic E-state index is 0.0789. The van der Waals surface area contributed by atoms with E-state index in [-0.39, 0.29) is 5.91 Å². The molecular weight excluding hydrogens is 298 g/mol. The van der Waals surface area contributed by atoms with E-state index in [0.29, 0.717) is 29.2 Å². The van der Waals surface area contributed by atoms with Gasteiger partial charge in [-0.25, -0.2) is 0 Å². The average Bonchev–Trinajstić information content (AvgIpc) is 2.56. The van der Waals surface area contributed by atoms with Crippen molar-refractivity contribution in [1.29, 1.82) is 5.26 Å². The molecule has 2 rings (SSSR count). The molecule has 0 bridgehead atoms. The van der Waals surface area contributed by atoms with Gasteiger partial charge in [-0.05, 0) is 36.8 Å². The first-order chi connectivity index (χ1) is 10.7. The summed E-state index contributed by atoms with van der Waals surface area (Å²) in [7, 11) is 0. The number of amides is 1. The third-order valence-corrected chi connectivity index (χ3v) is 3.33. The van der Waals surface area contributed by atoms with Crippen molar-refractivity contribution in [3.8, 4) is 6.07 Å². The maximum atomic E-state index is 11.8. The van der Waals surface area contributed by atoms with E-state index < -0.39 is 0 Å². The highest BCUT2D eigenvalue weighted by molar-refractivity contribution is 6.30. The second kappa shape index (κ2) is 8.06. The number of carbonyl (C=O) groups excluding carboxylic acids is 1. The van der Waals surface area contributed by atoms with E-state index in [2.05, 4.69) is 16.7 Å². The Bertz CT molecular complexity index is 680. The third-order valence-electron chi connectivity index (χ3n) is 3.09. The van der Waals surface area contributed by atoms with Gasteiger partial charge >= 0.3 is 0 Å². The summed E-state index contributed by atoms with van der Waals surface area (Å²) in [5, 5.41) is 15.6. The van der Waals surface area contributed by atoms with Crippen LogP contribution < -0.4 is 10.6 Å². The summed E-state index contributed by atoms with van der Waals surface area (Å²) in [6.07, 6.45) is 0.756. The fraction of sp³-hybridized carbons (Fsp3) is 0.176. The van der Waals surface area contributed by atoms with Gasteiger partial charge in [-0.2, -0.15) is 5.26 Å². The highest BCUT2D eigenvalue weighted by atomic mass is 35.5. The van der Waals surface area contributed by atoms with Gasteiger partial charge in [0.15, 0.2) is 0 Å². The molecule has 0 heterocycles. The Hall–Kier alpha value is -2.51. The van der Waals surface area contributed by atoms with Crippen LogP contribution in [0, 0.1) is 11.3 Å². The van der Waals surface area contributed by atoms with E-state index in [0.717, 1.165) is 12.1 Å². The lowest BCUT2D eigenvalue weighted by Gasteiger charge is -2.09. The van der Waals surface area contributed by atoms with E-state index in [1.165, 1.54) is 0 Å². The lowest BCUT2D eigenvalue weighted by Crippen LogP contribution is -2.25. The number of nitrogens with zero attached hydrogens (tertiary/aromatic N) is 1. The Balaban J connectivity index is 1.74. The molecule has 1 amide bonds. The van der Waals surface area contributed by atoms with Gasteiger partial charge in [0, 0.05) is 23.7 Å². The molecule has 0 aliphatic rings. The van der Waals surface area contributed by atoms with Crippen LogP contribution in [-0.2, 0) is 0 Å². The molecule has 0 saturated heterocycles. The largest absolute Gasteiger partial charge is 0.384 e. The number of nitriles is 1. The van der Waals surface area contributed by atoms with Crippen LogP contribution in [0.5, 0.6) is 0 Å². The SMILES string of the molecule is N#Cc1cc(Cl)ccc1NCCCNC(=O)c1ccccc1. The molecule has 0 unspecified atom stereocenters. The normalized spacial score (nSPS) is 9.82. The van der Waals surface area contributed by atoms with Gasteiger partial charge < -0.3 is 10.6 Å². The van der Waals surface area contributed by atoms with Crippen LogP contribution >= 0.6 is 11.6 Å². The molecule has 0 spiro atoms. The molecule has 4 nitrogen and oxygen atoms in total. The van der Waals surface area contributed by atoms with Crippen LogP contribution in [0.2, 0.25) is 5.02 Å². The van der Waals surface area contributed by atoms with E-state index >= 15 is 0 Å². The van der Waals surface area contributed by atoms with Crippen LogP contribution in [0.3, 0.4) is 0 Å². The number of hydrogen-bond donors (Lipinski definition) is 2. The number of anilines is 1. The zero-order valence-electron chi connectivity index (χ0n) is 12.0. The molecular formula is C17H16ClN3O. The molecule has 22 heavy (non-hydrogen) atoms. The Morgan fingerprint density at radius 3 is 2.64 bits per heavy atom. The van der Waals surface area contributed by atoms with Gasteiger partial charge in [0.25, 0.3) is 5.91 Å². The Kier molecular flexibility index (Phi) is 5.81. The summed E-state index contributed by atoms with van der Waals surface area (Å²) in [5.41, 5.74) is 1.92. The number of benzene rings is 2. The Labute approximate surface area is 134 Å². The Morgan fingerprint density at radius 2 is 1.91 bits per heavy atom. The number of hydrogen-bond acceptors (Lipinski definition) is 3. The summed E-state index contributed by atoms with van der Waals surface area (Å²) in [6, 6.07) is 16.3. The number of carbonyl (C=O) groups is 1. The summed E-state index contributed by atoms with van der Waals surface area (Å²) >= 11 is 5.85. The second-order valence-electron chi connectivity index (χ2n) is 4.70. The van der Waals surface area contributed by atoms with Crippen molar-refractivity contribution in [3.63, 3.8) is 0 Å². The first kappa shape index (κ1) is 15.9. The van der Waals surface area contributed by atoms with Crippen molar-refractivity contribution in [3.05, 3.63) is 64.7 Å². The zero-order valence-corrected chi connectivity index (χ0v) is 12.7. The fourth-order valence-corrected chi connectivity index (χ4v) is 2.14. The molecule has 0 radical (unpaired) electrons. The van der Waals surface area contributed by atoms with Gasteiger partial charge in [0.1, 0.15) is 6.07 Å². The van der Waals surface area contributed by atoms with Crippen molar-refractivity contribution in [2.75, 3.05) is 18.4 Å². The average molecular weight is 314 g/mol. The van der Waals surface area contributed by atoms with Crippen molar-refractivity contribution in [2.24, 2.45) is 0 Å². The van der Waals surface area contributed by atoms with E-state index in [1.54, 1.807) is 30.3 Å². The smallest absolute Gasteiger partial charge is 0.251 e. The summed E-state index contributed by atoms with van der Waals surface area (Å²) in [6.45, 7) is 1.22. The molecule has 2 N–H and O–H groups in total. The monoisotopic (exact) mass is 313 g/mol. The fourth-order valence-electron chi connectivity index (χ4n) is 1.97. The van der Waals surface area contributed by atoms with Crippen LogP contribution in [0.25, 0.3) is 0 Å². The quantitative estimate of drug-likeness (QED) is 0.803. The van der Waals surface area contributed by atoms with Crippen LogP contribution in [0.4, 0.5) is 5.69 Å². The van der Waals surface area contributed by atoms with Crippen molar-refractivity contribution >= 4 is 23.2 Å². The van der Waals surface area contributed by atoms with Gasteiger partial charge in [-0.3, -0.25) is 4.79 Å². The standard InChI is InChI=1S/C17H16ClN3O/c18-15-7-8-16(14(11-15)12-19)20-9-4-10-21-17(22)13-5-2-1-3-6-13/h1-3,5-8,11,20H,4,9-10H2,(H,21,22). The molecule has 0 aliphatic heterocycles. The van der Waals surface area contributed by atoms with E-state index in [9.17, 15) is 4.79 Å². The molecule has 5 heteroatoms. The highest BCUT2D eigenvalue weighted by Gasteiger charge is 2.04. The predicted octanol–water partition coefficient (Wildman–Crippen LogP) is 3.44. The minimum Gasteiger partial charge on any atom is -0.384 e. The number of nitrogens with one attached hydrogen (secondary N) is 2. The highest BCUT2D eigenvalue weighted by Crippen LogP contribution is 2.19. The molecule has 0 atom stereocenters. The van der Waals surface area contributed by atoms with Gasteiger partial charge in [-0.15, -0.1) is 0 Å². The van der Waals surface area contributed by atoms with Crippen LogP contribution in [-0.4, -0.2) is 19.0 Å². The maximum absolute atomic E-state index is 11.8. The van der Waals surface area contributed by atoms with Gasteiger partial charge in [0.05, 0.1) is 11.3 Å². The number of rotatable bonds is 6. The van der Waals surface area contributed by atoms with E-state index in [1.807, 2.05) is 18.2 Å². The summed E-state index contributed by atoms with van der Waals surface area (Å²) < 4.78 is 0. The first-order valence-electron chi connectivity index (χ1n) is 6.97. The lowest BCUT2D eigenvalue weighted by atomic mass is 10.2. The minimum atomic E-state index is -0.0789. The van der Waals surface area contributed by atoms with Gasteiger partial charge in [0.2, 0.25) is 0 Å². The molecule has 2 aromatic rings.